The summed E-state index contributed by atoms with van der Waals surface area (Å²) in [4.78, 5) is 0. The number of ether oxygens (including phenoxy) is 3. The van der Waals surface area contributed by atoms with Gasteiger partial charge in [-0.05, 0) is 32.0 Å². The highest BCUT2D eigenvalue weighted by molar-refractivity contribution is 6.30. The second-order valence-corrected chi connectivity index (χ2v) is 3.57. The quantitative estimate of drug-likeness (QED) is 0.718. The molecule has 0 saturated heterocycles. The third kappa shape index (κ3) is 3.37. The molecule has 1 aromatic rings. The number of benzene rings is 1. The number of rotatable bonds is 6. The smallest absolute Gasteiger partial charge is 0.187 e. The van der Waals surface area contributed by atoms with E-state index in [2.05, 4.69) is 0 Å². The fourth-order valence-electron chi connectivity index (χ4n) is 1.42. The Kier molecular flexibility index (Phi) is 5.60. The summed E-state index contributed by atoms with van der Waals surface area (Å²) in [5.74, 6) is 0.719. The summed E-state index contributed by atoms with van der Waals surface area (Å²) in [5, 5.41) is 0.639. The third-order valence-corrected chi connectivity index (χ3v) is 2.32. The first-order chi connectivity index (χ1) is 7.72. The normalized spacial score (nSPS) is 10.8. The van der Waals surface area contributed by atoms with E-state index in [1.165, 1.54) is 0 Å². The van der Waals surface area contributed by atoms with Gasteiger partial charge in [-0.2, -0.15) is 0 Å². The minimum Gasteiger partial charge on any atom is -0.496 e. The lowest BCUT2D eigenvalue weighted by atomic mass is 10.2. The Morgan fingerprint density at radius 3 is 2.31 bits per heavy atom. The molecule has 0 aliphatic carbocycles. The van der Waals surface area contributed by atoms with Gasteiger partial charge in [0.15, 0.2) is 6.29 Å². The molecule has 3 nitrogen and oxygen atoms in total. The highest BCUT2D eigenvalue weighted by Crippen LogP contribution is 2.31. The van der Waals surface area contributed by atoms with Gasteiger partial charge in [0.1, 0.15) is 5.75 Å². The first-order valence-corrected chi connectivity index (χ1v) is 5.67. The van der Waals surface area contributed by atoms with Gasteiger partial charge in [0.25, 0.3) is 0 Å². The van der Waals surface area contributed by atoms with Crippen LogP contribution in [0, 0.1) is 0 Å². The summed E-state index contributed by atoms with van der Waals surface area (Å²) in [6.45, 7) is 4.98. The molecule has 0 saturated carbocycles. The van der Waals surface area contributed by atoms with Crippen LogP contribution in [0.4, 0.5) is 0 Å². The Labute approximate surface area is 101 Å². The summed E-state index contributed by atoms with van der Waals surface area (Å²) in [6.07, 6.45) is -0.427. The van der Waals surface area contributed by atoms with Crippen LogP contribution in [0.2, 0.25) is 5.02 Å². The molecule has 0 heterocycles. The van der Waals surface area contributed by atoms with Crippen molar-refractivity contribution in [3.63, 3.8) is 0 Å². The molecule has 0 amide bonds. The van der Waals surface area contributed by atoms with Crippen LogP contribution >= 0.6 is 11.6 Å². The molecule has 16 heavy (non-hydrogen) atoms. The van der Waals surface area contributed by atoms with Gasteiger partial charge in [-0.1, -0.05) is 11.6 Å². The topological polar surface area (TPSA) is 27.7 Å². The monoisotopic (exact) mass is 244 g/mol. The van der Waals surface area contributed by atoms with Crippen LogP contribution in [0.5, 0.6) is 5.75 Å². The molecule has 0 radical (unpaired) electrons. The fraction of sp³-hybridized carbons (Fsp3) is 0.500. The molecule has 1 aromatic carbocycles. The molecule has 0 spiro atoms. The van der Waals surface area contributed by atoms with E-state index in [4.69, 9.17) is 25.8 Å². The minimum absolute atomic E-state index is 0.427. The molecule has 0 unspecified atom stereocenters. The third-order valence-electron chi connectivity index (χ3n) is 2.08. The van der Waals surface area contributed by atoms with Crippen molar-refractivity contribution in [1.29, 1.82) is 0 Å². The zero-order chi connectivity index (χ0) is 12.0. The van der Waals surface area contributed by atoms with Crippen molar-refractivity contribution >= 4 is 11.6 Å². The van der Waals surface area contributed by atoms with E-state index >= 15 is 0 Å². The molecular weight excluding hydrogens is 228 g/mol. The summed E-state index contributed by atoms with van der Waals surface area (Å²) in [6, 6.07) is 5.39. The van der Waals surface area contributed by atoms with Gasteiger partial charge in [-0.25, -0.2) is 0 Å². The second kappa shape index (κ2) is 6.74. The molecular formula is C12H17ClO3. The van der Waals surface area contributed by atoms with E-state index in [1.54, 1.807) is 19.2 Å². The standard InChI is InChI=1S/C12H17ClO3/c1-4-15-12(16-5-2)10-8-9(13)6-7-11(10)14-3/h6-8,12H,4-5H2,1-3H3. The predicted octanol–water partition coefficient (Wildman–Crippen LogP) is 3.42. The number of halogens is 1. The van der Waals surface area contributed by atoms with E-state index in [1.807, 2.05) is 19.9 Å². The van der Waals surface area contributed by atoms with E-state index in [-0.39, 0.29) is 0 Å². The summed E-state index contributed by atoms with van der Waals surface area (Å²) in [7, 11) is 1.61. The SMILES string of the molecule is CCOC(OCC)c1cc(Cl)ccc1OC. The highest BCUT2D eigenvalue weighted by atomic mass is 35.5. The van der Waals surface area contributed by atoms with Gasteiger partial charge in [-0.3, -0.25) is 0 Å². The van der Waals surface area contributed by atoms with E-state index in [0.29, 0.717) is 18.2 Å². The average molecular weight is 245 g/mol. The van der Waals surface area contributed by atoms with Gasteiger partial charge in [-0.15, -0.1) is 0 Å². The lowest BCUT2D eigenvalue weighted by Gasteiger charge is -2.19. The molecule has 0 aliphatic heterocycles. The first kappa shape index (κ1) is 13.3. The highest BCUT2D eigenvalue weighted by Gasteiger charge is 2.16. The van der Waals surface area contributed by atoms with Crippen LogP contribution < -0.4 is 4.74 Å². The lowest BCUT2D eigenvalue weighted by molar-refractivity contribution is -0.141. The van der Waals surface area contributed by atoms with E-state index in [9.17, 15) is 0 Å². The Hall–Kier alpha value is -0.770. The van der Waals surface area contributed by atoms with Crippen LogP contribution in [0.25, 0.3) is 0 Å². The Bertz CT molecular complexity index is 322. The van der Waals surface area contributed by atoms with E-state index in [0.717, 1.165) is 11.3 Å². The van der Waals surface area contributed by atoms with Crippen LogP contribution in [-0.4, -0.2) is 20.3 Å². The van der Waals surface area contributed by atoms with Crippen LogP contribution in [0.15, 0.2) is 18.2 Å². The molecule has 0 aromatic heterocycles. The van der Waals surface area contributed by atoms with Crippen molar-refractivity contribution in [3.8, 4) is 5.75 Å². The molecule has 0 fully saturated rings. The average Bonchev–Trinajstić information content (AvgIpc) is 2.29. The summed E-state index contributed by atoms with van der Waals surface area (Å²) >= 11 is 5.95. The Balaban J connectivity index is 3.00. The van der Waals surface area contributed by atoms with Gasteiger partial charge in [0.2, 0.25) is 0 Å². The zero-order valence-electron chi connectivity index (χ0n) is 9.83. The molecule has 1 rings (SSSR count). The molecule has 0 bridgehead atoms. The Morgan fingerprint density at radius 2 is 1.81 bits per heavy atom. The lowest BCUT2D eigenvalue weighted by Crippen LogP contribution is -2.10. The summed E-state index contributed by atoms with van der Waals surface area (Å²) in [5.41, 5.74) is 0.818. The maximum absolute atomic E-state index is 5.95. The van der Waals surface area contributed by atoms with Crippen molar-refractivity contribution in [3.05, 3.63) is 28.8 Å². The number of hydrogen-bond donors (Lipinski definition) is 0. The van der Waals surface area contributed by atoms with Crippen molar-refractivity contribution in [1.82, 2.24) is 0 Å². The Morgan fingerprint density at radius 1 is 1.19 bits per heavy atom. The second-order valence-electron chi connectivity index (χ2n) is 3.13. The van der Waals surface area contributed by atoms with Crippen molar-refractivity contribution in [2.45, 2.75) is 20.1 Å². The van der Waals surface area contributed by atoms with Crippen molar-refractivity contribution in [2.24, 2.45) is 0 Å². The molecule has 90 valence electrons. The first-order valence-electron chi connectivity index (χ1n) is 5.29. The maximum atomic E-state index is 5.95. The van der Waals surface area contributed by atoms with Crippen LogP contribution in [0.1, 0.15) is 25.7 Å². The van der Waals surface area contributed by atoms with Gasteiger partial charge in [0, 0.05) is 18.2 Å². The zero-order valence-corrected chi connectivity index (χ0v) is 10.6. The summed E-state index contributed by atoms with van der Waals surface area (Å²) < 4.78 is 16.3. The van der Waals surface area contributed by atoms with Gasteiger partial charge in [0.05, 0.1) is 12.7 Å². The van der Waals surface area contributed by atoms with Crippen molar-refractivity contribution < 1.29 is 14.2 Å². The molecule has 4 heteroatoms. The van der Waals surface area contributed by atoms with Crippen LogP contribution in [0.3, 0.4) is 0 Å². The minimum atomic E-state index is -0.427. The van der Waals surface area contributed by atoms with E-state index < -0.39 is 6.29 Å². The molecule has 0 aliphatic rings. The number of methoxy groups -OCH3 is 1. The maximum Gasteiger partial charge on any atom is 0.187 e. The predicted molar refractivity (Wildman–Crippen MR) is 64.0 cm³/mol. The largest absolute Gasteiger partial charge is 0.496 e. The molecule has 0 N–H and O–H groups in total. The number of hydrogen-bond acceptors (Lipinski definition) is 3. The van der Waals surface area contributed by atoms with Crippen molar-refractivity contribution in [2.75, 3.05) is 20.3 Å². The van der Waals surface area contributed by atoms with Gasteiger partial charge < -0.3 is 14.2 Å². The van der Waals surface area contributed by atoms with Gasteiger partial charge >= 0.3 is 0 Å². The fourth-order valence-corrected chi connectivity index (χ4v) is 1.60. The van der Waals surface area contributed by atoms with Crippen LogP contribution in [-0.2, 0) is 9.47 Å². The molecule has 0 atom stereocenters.